The molecule has 3 aromatic rings. The summed E-state index contributed by atoms with van der Waals surface area (Å²) in [5, 5.41) is 2.93. The molecule has 0 saturated carbocycles. The summed E-state index contributed by atoms with van der Waals surface area (Å²) in [6, 6.07) is 0. The summed E-state index contributed by atoms with van der Waals surface area (Å²) < 4.78 is 4.51. The van der Waals surface area contributed by atoms with E-state index in [1.54, 1.807) is 11.3 Å². The standard InChI is InChI=1S/C16H20N6S/c1-3-22-13-4-7-20(2)10-12(13)19-14(22)11-21-8-5-17-15(21)16-18-6-9-23-16/h5-6,8-9H,3-4,7,10-11H2,1-2H3. The zero-order valence-corrected chi connectivity index (χ0v) is 14.3. The number of rotatable bonds is 4. The van der Waals surface area contributed by atoms with E-state index < -0.39 is 0 Å². The number of hydrogen-bond donors (Lipinski definition) is 0. The Bertz CT molecular complexity index is 801. The fourth-order valence-electron chi connectivity index (χ4n) is 3.24. The Balaban J connectivity index is 1.69. The molecule has 0 spiro atoms. The van der Waals surface area contributed by atoms with Crippen LogP contribution in [0.3, 0.4) is 0 Å². The summed E-state index contributed by atoms with van der Waals surface area (Å²) in [6.45, 7) is 5.94. The van der Waals surface area contributed by atoms with Crippen molar-refractivity contribution in [2.45, 2.75) is 33.0 Å². The predicted molar refractivity (Wildman–Crippen MR) is 90.4 cm³/mol. The first-order valence-electron chi connectivity index (χ1n) is 7.93. The van der Waals surface area contributed by atoms with Gasteiger partial charge in [-0.3, -0.25) is 0 Å². The van der Waals surface area contributed by atoms with Crippen LogP contribution in [0.5, 0.6) is 0 Å². The summed E-state index contributed by atoms with van der Waals surface area (Å²) in [6.07, 6.45) is 6.75. The van der Waals surface area contributed by atoms with Crippen molar-refractivity contribution in [3.8, 4) is 10.8 Å². The van der Waals surface area contributed by atoms with Crippen LogP contribution in [0, 0.1) is 0 Å². The van der Waals surface area contributed by atoms with Gasteiger partial charge in [-0.05, 0) is 14.0 Å². The number of imidazole rings is 2. The maximum Gasteiger partial charge on any atom is 0.169 e. The molecular weight excluding hydrogens is 308 g/mol. The molecule has 0 atom stereocenters. The van der Waals surface area contributed by atoms with Crippen molar-refractivity contribution in [1.82, 2.24) is 29.0 Å². The SMILES string of the molecule is CCn1c(Cn2ccnc2-c2nccs2)nc2c1CCN(C)C2. The van der Waals surface area contributed by atoms with Crippen LogP contribution >= 0.6 is 11.3 Å². The Morgan fingerprint density at radius 1 is 1.26 bits per heavy atom. The topological polar surface area (TPSA) is 51.8 Å². The minimum absolute atomic E-state index is 0.736. The Labute approximate surface area is 139 Å². The summed E-state index contributed by atoms with van der Waals surface area (Å²) in [5.74, 6) is 2.03. The first kappa shape index (κ1) is 14.6. The van der Waals surface area contributed by atoms with Crippen molar-refractivity contribution < 1.29 is 0 Å². The van der Waals surface area contributed by atoms with E-state index in [-0.39, 0.29) is 0 Å². The largest absolute Gasteiger partial charge is 0.330 e. The molecule has 1 aliphatic heterocycles. The molecule has 23 heavy (non-hydrogen) atoms. The summed E-state index contributed by atoms with van der Waals surface area (Å²) in [7, 11) is 2.16. The third-order valence-electron chi connectivity index (χ3n) is 4.35. The highest BCUT2D eigenvalue weighted by atomic mass is 32.1. The lowest BCUT2D eigenvalue weighted by molar-refractivity contribution is 0.304. The third kappa shape index (κ3) is 2.60. The number of aromatic nitrogens is 5. The number of nitrogens with zero attached hydrogens (tertiary/aromatic N) is 6. The molecule has 4 rings (SSSR count). The van der Waals surface area contributed by atoms with Gasteiger partial charge in [0, 0.05) is 55.7 Å². The minimum Gasteiger partial charge on any atom is -0.330 e. The van der Waals surface area contributed by atoms with E-state index in [0.717, 1.165) is 49.3 Å². The molecule has 0 aliphatic carbocycles. The lowest BCUT2D eigenvalue weighted by Gasteiger charge is -2.22. The van der Waals surface area contributed by atoms with E-state index >= 15 is 0 Å². The maximum absolute atomic E-state index is 4.92. The quantitative estimate of drug-likeness (QED) is 0.737. The molecule has 0 N–H and O–H groups in total. The van der Waals surface area contributed by atoms with Crippen LogP contribution in [-0.4, -0.2) is 42.6 Å². The second-order valence-electron chi connectivity index (χ2n) is 5.87. The normalized spacial score (nSPS) is 15.0. The van der Waals surface area contributed by atoms with Gasteiger partial charge in [0.25, 0.3) is 0 Å². The Morgan fingerprint density at radius 2 is 2.17 bits per heavy atom. The maximum atomic E-state index is 4.92. The van der Waals surface area contributed by atoms with Crippen molar-refractivity contribution >= 4 is 11.3 Å². The van der Waals surface area contributed by atoms with Gasteiger partial charge in [-0.15, -0.1) is 11.3 Å². The van der Waals surface area contributed by atoms with Gasteiger partial charge in [0.05, 0.1) is 12.2 Å². The lowest BCUT2D eigenvalue weighted by Crippen LogP contribution is -2.27. The molecule has 0 radical (unpaired) electrons. The summed E-state index contributed by atoms with van der Waals surface area (Å²) in [5.41, 5.74) is 2.63. The fraction of sp³-hybridized carbons (Fsp3) is 0.438. The smallest absolute Gasteiger partial charge is 0.169 e. The second kappa shape index (κ2) is 5.90. The van der Waals surface area contributed by atoms with Crippen molar-refractivity contribution in [3.63, 3.8) is 0 Å². The van der Waals surface area contributed by atoms with Crippen LogP contribution in [0.2, 0.25) is 0 Å². The van der Waals surface area contributed by atoms with Crippen LogP contribution in [-0.2, 0) is 26.1 Å². The Hall–Kier alpha value is -1.99. The molecular formula is C16H20N6S. The monoisotopic (exact) mass is 328 g/mol. The molecule has 120 valence electrons. The number of fused-ring (bicyclic) bond motifs is 1. The first-order chi connectivity index (χ1) is 11.3. The van der Waals surface area contributed by atoms with Crippen LogP contribution in [0.25, 0.3) is 10.8 Å². The van der Waals surface area contributed by atoms with Gasteiger partial charge >= 0.3 is 0 Å². The molecule has 0 bridgehead atoms. The van der Waals surface area contributed by atoms with E-state index in [9.17, 15) is 0 Å². The summed E-state index contributed by atoms with van der Waals surface area (Å²) >= 11 is 1.61. The van der Waals surface area contributed by atoms with Crippen molar-refractivity contribution in [1.29, 1.82) is 0 Å². The predicted octanol–water partition coefficient (Wildman–Crippen LogP) is 2.26. The molecule has 7 heteroatoms. The number of likely N-dealkylation sites (N-methyl/N-ethyl adjacent to an activating group) is 1. The van der Waals surface area contributed by atoms with Gasteiger partial charge < -0.3 is 14.0 Å². The lowest BCUT2D eigenvalue weighted by atomic mass is 10.1. The highest BCUT2D eigenvalue weighted by Crippen LogP contribution is 2.23. The van der Waals surface area contributed by atoms with Crippen molar-refractivity contribution in [2.75, 3.05) is 13.6 Å². The van der Waals surface area contributed by atoms with E-state index in [1.807, 2.05) is 24.0 Å². The van der Waals surface area contributed by atoms with Gasteiger partial charge in [-0.25, -0.2) is 15.0 Å². The highest BCUT2D eigenvalue weighted by molar-refractivity contribution is 7.13. The highest BCUT2D eigenvalue weighted by Gasteiger charge is 2.22. The second-order valence-corrected chi connectivity index (χ2v) is 6.76. The minimum atomic E-state index is 0.736. The Kier molecular flexibility index (Phi) is 3.74. The van der Waals surface area contributed by atoms with Crippen LogP contribution in [0.1, 0.15) is 24.1 Å². The molecule has 0 fully saturated rings. The average Bonchev–Trinajstić information content (AvgIpc) is 3.25. The molecule has 0 amide bonds. The summed E-state index contributed by atoms with van der Waals surface area (Å²) in [4.78, 5) is 16.1. The molecule has 0 aromatic carbocycles. The van der Waals surface area contributed by atoms with Crippen LogP contribution in [0.15, 0.2) is 24.0 Å². The van der Waals surface area contributed by atoms with Crippen LogP contribution in [0.4, 0.5) is 0 Å². The van der Waals surface area contributed by atoms with Crippen LogP contribution < -0.4 is 0 Å². The number of hydrogen-bond acceptors (Lipinski definition) is 5. The van der Waals surface area contributed by atoms with E-state index in [1.165, 1.54) is 11.4 Å². The van der Waals surface area contributed by atoms with Gasteiger partial charge in [0.2, 0.25) is 0 Å². The van der Waals surface area contributed by atoms with E-state index in [0.29, 0.717) is 0 Å². The molecule has 4 heterocycles. The molecule has 6 nitrogen and oxygen atoms in total. The zero-order chi connectivity index (χ0) is 15.8. The van der Waals surface area contributed by atoms with E-state index in [4.69, 9.17) is 4.98 Å². The number of thiazole rings is 1. The van der Waals surface area contributed by atoms with Gasteiger partial charge in [0.15, 0.2) is 10.8 Å². The Morgan fingerprint density at radius 3 is 2.96 bits per heavy atom. The zero-order valence-electron chi connectivity index (χ0n) is 13.4. The fourth-order valence-corrected chi connectivity index (χ4v) is 3.89. The third-order valence-corrected chi connectivity index (χ3v) is 5.12. The molecule has 0 unspecified atom stereocenters. The first-order valence-corrected chi connectivity index (χ1v) is 8.81. The van der Waals surface area contributed by atoms with Gasteiger partial charge in [-0.1, -0.05) is 0 Å². The van der Waals surface area contributed by atoms with E-state index in [2.05, 4.69) is 38.0 Å². The van der Waals surface area contributed by atoms with Gasteiger partial charge in [-0.2, -0.15) is 0 Å². The molecule has 3 aromatic heterocycles. The van der Waals surface area contributed by atoms with Gasteiger partial charge in [0.1, 0.15) is 5.82 Å². The van der Waals surface area contributed by atoms with Crippen molar-refractivity contribution in [3.05, 3.63) is 41.2 Å². The molecule has 0 saturated heterocycles. The van der Waals surface area contributed by atoms with Crippen molar-refractivity contribution in [2.24, 2.45) is 0 Å². The average molecular weight is 328 g/mol. The molecule has 1 aliphatic rings.